The van der Waals surface area contributed by atoms with Gasteiger partial charge in [-0.1, -0.05) is 0 Å². The molecule has 0 aliphatic carbocycles. The van der Waals surface area contributed by atoms with Crippen molar-refractivity contribution in [3.63, 3.8) is 0 Å². The van der Waals surface area contributed by atoms with Crippen LogP contribution in [-0.4, -0.2) is 4.98 Å². The molecule has 0 fully saturated rings. The molecule has 0 N–H and O–H groups in total. The maximum atomic E-state index is 12.5. The Kier molecular flexibility index (Phi) is 4.01. The van der Waals surface area contributed by atoms with Crippen LogP contribution in [-0.2, 0) is 5.88 Å². The predicted octanol–water partition coefficient (Wildman–Crippen LogP) is 3.23. The van der Waals surface area contributed by atoms with Crippen LogP contribution in [0.15, 0.2) is 6.07 Å². The Balaban J connectivity index is 3.41. The molecule has 1 rings (SSSR count). The van der Waals surface area contributed by atoms with E-state index in [4.69, 9.17) is 16.9 Å². The topological polar surface area (TPSA) is 36.7 Å². The lowest BCUT2D eigenvalue weighted by molar-refractivity contribution is 0.150. The number of aromatic nitrogens is 1. The summed E-state index contributed by atoms with van der Waals surface area (Å²) in [7, 11) is 0. The zero-order chi connectivity index (χ0) is 10.7. The second kappa shape index (κ2) is 4.84. The molecular weight excluding hydrogens is 324 g/mol. The minimum Gasteiger partial charge on any atom is -0.231 e. The van der Waals surface area contributed by atoms with E-state index < -0.39 is 6.43 Å². The highest BCUT2D eigenvalue weighted by atomic mass is 127. The summed E-state index contributed by atoms with van der Waals surface area (Å²) in [6.07, 6.45) is -2.63. The van der Waals surface area contributed by atoms with E-state index in [-0.39, 0.29) is 22.7 Å². The molecule has 0 aromatic carbocycles. The van der Waals surface area contributed by atoms with Crippen LogP contribution in [0.3, 0.4) is 0 Å². The number of hydrogen-bond donors (Lipinski definition) is 0. The SMILES string of the molecule is N#Cc1nc(I)cc(C(F)F)c1CCl. The fraction of sp³-hybridized carbons (Fsp3) is 0.250. The van der Waals surface area contributed by atoms with Gasteiger partial charge in [0.1, 0.15) is 15.5 Å². The summed E-state index contributed by atoms with van der Waals surface area (Å²) < 4.78 is 25.4. The monoisotopic (exact) mass is 328 g/mol. The molecule has 0 unspecified atom stereocenters. The molecule has 0 saturated heterocycles. The molecule has 0 aliphatic rings. The Morgan fingerprint density at radius 1 is 1.64 bits per heavy atom. The summed E-state index contributed by atoms with van der Waals surface area (Å²) in [5.41, 5.74) is -0.122. The maximum absolute atomic E-state index is 12.5. The highest BCUT2D eigenvalue weighted by Gasteiger charge is 2.17. The number of hydrogen-bond acceptors (Lipinski definition) is 2. The van der Waals surface area contributed by atoms with Crippen molar-refractivity contribution in [1.29, 1.82) is 5.26 Å². The molecule has 6 heteroatoms. The standard InChI is InChI=1S/C8H4ClF2IN2/c9-2-5-4(8(10)11)1-7(12)14-6(5)3-13/h1,8H,2H2. The molecule has 0 aliphatic heterocycles. The average molecular weight is 328 g/mol. The lowest BCUT2D eigenvalue weighted by atomic mass is 10.1. The number of pyridine rings is 1. The zero-order valence-electron chi connectivity index (χ0n) is 6.77. The van der Waals surface area contributed by atoms with E-state index in [9.17, 15) is 8.78 Å². The first kappa shape index (κ1) is 11.6. The first-order valence-corrected chi connectivity index (χ1v) is 5.15. The van der Waals surface area contributed by atoms with Gasteiger partial charge in [-0.25, -0.2) is 13.8 Å². The van der Waals surface area contributed by atoms with Gasteiger partial charge in [-0.15, -0.1) is 11.6 Å². The molecule has 1 aromatic heterocycles. The van der Waals surface area contributed by atoms with Crippen molar-refractivity contribution in [1.82, 2.24) is 4.98 Å². The maximum Gasteiger partial charge on any atom is 0.264 e. The van der Waals surface area contributed by atoms with Gasteiger partial charge in [-0.3, -0.25) is 0 Å². The third-order valence-electron chi connectivity index (χ3n) is 1.60. The van der Waals surface area contributed by atoms with Crippen LogP contribution in [0.2, 0.25) is 0 Å². The normalized spacial score (nSPS) is 10.3. The van der Waals surface area contributed by atoms with Crippen molar-refractivity contribution >= 4 is 34.2 Å². The summed E-state index contributed by atoms with van der Waals surface area (Å²) in [6.45, 7) is 0. The lowest BCUT2D eigenvalue weighted by Crippen LogP contribution is -2.01. The van der Waals surface area contributed by atoms with Gasteiger partial charge in [0, 0.05) is 11.1 Å². The van der Waals surface area contributed by atoms with Gasteiger partial charge in [0.05, 0.1) is 5.88 Å². The number of halogens is 4. The Hall–Kier alpha value is -0.480. The van der Waals surface area contributed by atoms with Crippen LogP contribution in [0.25, 0.3) is 0 Å². The number of rotatable bonds is 2. The Bertz CT molecular complexity index is 390. The molecule has 0 spiro atoms. The smallest absolute Gasteiger partial charge is 0.231 e. The lowest BCUT2D eigenvalue weighted by Gasteiger charge is -2.07. The second-order valence-electron chi connectivity index (χ2n) is 2.41. The van der Waals surface area contributed by atoms with E-state index in [2.05, 4.69) is 4.98 Å². The van der Waals surface area contributed by atoms with Gasteiger partial charge in [-0.2, -0.15) is 5.26 Å². The third kappa shape index (κ3) is 2.30. The van der Waals surface area contributed by atoms with Crippen LogP contribution in [0.1, 0.15) is 23.2 Å². The predicted molar refractivity (Wildman–Crippen MR) is 56.2 cm³/mol. The summed E-state index contributed by atoms with van der Waals surface area (Å²) in [6, 6.07) is 2.99. The molecule has 1 heterocycles. The van der Waals surface area contributed by atoms with Gasteiger partial charge in [-0.05, 0) is 28.7 Å². The third-order valence-corrected chi connectivity index (χ3v) is 2.42. The van der Waals surface area contributed by atoms with Crippen molar-refractivity contribution in [2.24, 2.45) is 0 Å². The summed E-state index contributed by atoms with van der Waals surface area (Å²) in [5.74, 6) is -0.132. The molecule has 0 amide bonds. The molecule has 0 saturated carbocycles. The largest absolute Gasteiger partial charge is 0.264 e. The fourth-order valence-corrected chi connectivity index (χ4v) is 1.84. The van der Waals surface area contributed by atoms with E-state index in [1.165, 1.54) is 6.07 Å². The van der Waals surface area contributed by atoms with Crippen LogP contribution in [0, 0.1) is 15.0 Å². The highest BCUT2D eigenvalue weighted by Crippen LogP contribution is 2.27. The summed E-state index contributed by atoms with van der Waals surface area (Å²) in [4.78, 5) is 3.81. The zero-order valence-corrected chi connectivity index (χ0v) is 9.68. The van der Waals surface area contributed by atoms with E-state index in [0.717, 1.165) is 0 Å². The van der Waals surface area contributed by atoms with E-state index in [1.807, 2.05) is 0 Å². The van der Waals surface area contributed by atoms with Gasteiger partial charge in [0.25, 0.3) is 6.43 Å². The van der Waals surface area contributed by atoms with Gasteiger partial charge < -0.3 is 0 Å². The fourth-order valence-electron chi connectivity index (χ4n) is 0.986. The molecule has 14 heavy (non-hydrogen) atoms. The summed E-state index contributed by atoms with van der Waals surface area (Å²) >= 11 is 7.27. The van der Waals surface area contributed by atoms with E-state index in [0.29, 0.717) is 3.70 Å². The highest BCUT2D eigenvalue weighted by molar-refractivity contribution is 14.1. The van der Waals surface area contributed by atoms with Crippen molar-refractivity contribution in [3.8, 4) is 6.07 Å². The molecule has 0 atom stereocenters. The van der Waals surface area contributed by atoms with Crippen LogP contribution in [0.4, 0.5) is 8.78 Å². The molecular formula is C8H4ClF2IN2. The Morgan fingerprint density at radius 3 is 2.71 bits per heavy atom. The van der Waals surface area contributed by atoms with E-state index in [1.54, 1.807) is 28.7 Å². The number of alkyl halides is 3. The quantitative estimate of drug-likeness (QED) is 0.475. The van der Waals surface area contributed by atoms with Crippen molar-refractivity contribution in [3.05, 3.63) is 26.6 Å². The minimum absolute atomic E-state index is 0.0257. The van der Waals surface area contributed by atoms with E-state index >= 15 is 0 Å². The molecule has 74 valence electrons. The van der Waals surface area contributed by atoms with Crippen LogP contribution >= 0.6 is 34.2 Å². The number of nitrogens with zero attached hydrogens (tertiary/aromatic N) is 2. The van der Waals surface area contributed by atoms with Crippen molar-refractivity contribution in [2.45, 2.75) is 12.3 Å². The molecule has 1 aromatic rings. The number of nitriles is 1. The van der Waals surface area contributed by atoms with Crippen molar-refractivity contribution < 1.29 is 8.78 Å². The molecule has 0 bridgehead atoms. The molecule has 2 nitrogen and oxygen atoms in total. The first-order chi connectivity index (χ1) is 6.60. The second-order valence-corrected chi connectivity index (χ2v) is 3.78. The first-order valence-electron chi connectivity index (χ1n) is 3.53. The Morgan fingerprint density at radius 2 is 2.29 bits per heavy atom. The summed E-state index contributed by atoms with van der Waals surface area (Å²) in [5, 5.41) is 8.66. The molecule has 0 radical (unpaired) electrons. The minimum atomic E-state index is -2.63. The van der Waals surface area contributed by atoms with Gasteiger partial charge in [0.15, 0.2) is 0 Å². The van der Waals surface area contributed by atoms with Crippen LogP contribution < -0.4 is 0 Å². The van der Waals surface area contributed by atoms with Crippen LogP contribution in [0.5, 0.6) is 0 Å². The average Bonchev–Trinajstić information content (AvgIpc) is 2.16. The van der Waals surface area contributed by atoms with Crippen molar-refractivity contribution in [2.75, 3.05) is 0 Å². The van der Waals surface area contributed by atoms with Gasteiger partial charge in [0.2, 0.25) is 0 Å². The Labute approximate surface area is 98.0 Å². The van der Waals surface area contributed by atoms with Gasteiger partial charge >= 0.3 is 0 Å².